The summed E-state index contributed by atoms with van der Waals surface area (Å²) < 4.78 is 13.8. The quantitative estimate of drug-likeness (QED) is 0.163. The smallest absolute Gasteiger partial charge is 0.143 e. The number of para-hydroxylation sites is 6. The van der Waals surface area contributed by atoms with Gasteiger partial charge in [0.05, 0.1) is 33.1 Å². The maximum atomic E-state index is 6.56. The maximum absolute atomic E-state index is 6.56. The normalized spacial score (nSPS) is 12.0. The Morgan fingerprint density at radius 2 is 0.614 bits per heavy atom. The van der Waals surface area contributed by atoms with Gasteiger partial charge in [0.1, 0.15) is 11.2 Å². The molecule has 0 N–H and O–H groups in total. The third-order valence-electron chi connectivity index (χ3n) is 14.6. The summed E-state index contributed by atoms with van der Waals surface area (Å²) in [6.45, 7) is 0. The van der Waals surface area contributed by atoms with Crippen LogP contribution in [0.3, 0.4) is 0 Å². The fraction of sp³-hybridized carbons (Fsp3) is 0. The van der Waals surface area contributed by atoms with Gasteiger partial charge in [-0.1, -0.05) is 146 Å². The maximum Gasteiger partial charge on any atom is 0.143 e. The Kier molecular flexibility index (Phi) is 8.33. The van der Waals surface area contributed by atoms with Crippen molar-refractivity contribution < 1.29 is 4.42 Å². The Morgan fingerprint density at radius 3 is 1.14 bits per heavy atom. The lowest BCUT2D eigenvalue weighted by Gasteiger charge is -2.11. The number of hydrogen-bond donors (Lipinski definition) is 0. The van der Waals surface area contributed by atoms with E-state index in [-0.39, 0.29) is 0 Å². The van der Waals surface area contributed by atoms with E-state index in [1.807, 2.05) is 6.07 Å². The molecule has 326 valence electrons. The predicted molar refractivity (Wildman–Crippen MR) is 293 cm³/mol. The van der Waals surface area contributed by atoms with Crippen LogP contribution in [0.4, 0.5) is 0 Å². The average molecular weight is 892 g/mol. The van der Waals surface area contributed by atoms with Crippen LogP contribution in [0.2, 0.25) is 0 Å². The van der Waals surface area contributed by atoms with Crippen molar-refractivity contribution in [3.8, 4) is 50.4 Å². The molecular formula is C66H41N3O. The van der Waals surface area contributed by atoms with E-state index in [0.717, 1.165) is 61.2 Å². The third kappa shape index (κ3) is 5.77. The highest BCUT2D eigenvalue weighted by atomic mass is 16.3. The van der Waals surface area contributed by atoms with E-state index < -0.39 is 0 Å². The summed E-state index contributed by atoms with van der Waals surface area (Å²) >= 11 is 0. The largest absolute Gasteiger partial charge is 0.455 e. The molecule has 0 aliphatic heterocycles. The molecule has 4 heterocycles. The zero-order valence-electron chi connectivity index (χ0n) is 37.9. The molecule has 0 bridgehead atoms. The lowest BCUT2D eigenvalue weighted by Crippen LogP contribution is -1.94. The minimum Gasteiger partial charge on any atom is -0.455 e. The fourth-order valence-corrected chi connectivity index (χ4v) is 11.5. The van der Waals surface area contributed by atoms with Gasteiger partial charge in [-0.25, -0.2) is 0 Å². The Balaban J connectivity index is 0.934. The van der Waals surface area contributed by atoms with Gasteiger partial charge >= 0.3 is 0 Å². The van der Waals surface area contributed by atoms with Gasteiger partial charge in [-0.2, -0.15) is 0 Å². The average Bonchev–Trinajstić information content (AvgIpc) is 4.17. The van der Waals surface area contributed by atoms with Crippen LogP contribution < -0.4 is 0 Å². The minimum atomic E-state index is 0.900. The Hall–Kier alpha value is -9.38. The lowest BCUT2D eigenvalue weighted by atomic mass is 9.98. The van der Waals surface area contributed by atoms with Crippen LogP contribution in [0.25, 0.3) is 138 Å². The Labute approximate surface area is 402 Å². The number of nitrogens with zero attached hydrogens (tertiary/aromatic N) is 3. The van der Waals surface area contributed by atoms with Crippen molar-refractivity contribution >= 4 is 87.4 Å². The van der Waals surface area contributed by atoms with Gasteiger partial charge in [0.25, 0.3) is 0 Å². The van der Waals surface area contributed by atoms with Gasteiger partial charge in [0, 0.05) is 65.7 Å². The molecule has 15 aromatic rings. The molecule has 15 rings (SSSR count). The number of furan rings is 1. The molecule has 0 saturated heterocycles. The first kappa shape index (κ1) is 38.7. The topological polar surface area (TPSA) is 27.9 Å². The van der Waals surface area contributed by atoms with Crippen LogP contribution in [0.15, 0.2) is 253 Å². The van der Waals surface area contributed by atoms with Crippen LogP contribution in [-0.4, -0.2) is 13.7 Å². The minimum absolute atomic E-state index is 0.900. The molecule has 0 amide bonds. The van der Waals surface area contributed by atoms with E-state index in [0.29, 0.717) is 0 Å². The van der Waals surface area contributed by atoms with Crippen molar-refractivity contribution in [3.63, 3.8) is 0 Å². The molecule has 0 unspecified atom stereocenters. The monoisotopic (exact) mass is 891 g/mol. The van der Waals surface area contributed by atoms with Crippen molar-refractivity contribution in [2.75, 3.05) is 0 Å². The summed E-state index contributed by atoms with van der Waals surface area (Å²) in [6.07, 6.45) is 0. The van der Waals surface area contributed by atoms with Crippen LogP contribution in [0.5, 0.6) is 0 Å². The number of hydrogen-bond acceptors (Lipinski definition) is 1. The van der Waals surface area contributed by atoms with Gasteiger partial charge in [0.2, 0.25) is 0 Å². The molecule has 0 aliphatic carbocycles. The van der Waals surface area contributed by atoms with E-state index in [4.69, 9.17) is 4.42 Å². The number of aromatic nitrogens is 3. The van der Waals surface area contributed by atoms with Gasteiger partial charge in [-0.3, -0.25) is 0 Å². The molecule has 4 aromatic heterocycles. The molecule has 0 radical (unpaired) electrons. The van der Waals surface area contributed by atoms with E-state index in [1.165, 1.54) is 76.6 Å². The summed E-state index contributed by atoms with van der Waals surface area (Å²) in [7, 11) is 0. The fourth-order valence-electron chi connectivity index (χ4n) is 11.5. The second kappa shape index (κ2) is 15.1. The van der Waals surface area contributed by atoms with Gasteiger partial charge in [-0.05, 0) is 131 Å². The molecule has 0 spiro atoms. The summed E-state index contributed by atoms with van der Waals surface area (Å²) in [5.41, 5.74) is 19.2. The summed E-state index contributed by atoms with van der Waals surface area (Å²) in [5, 5.41) is 9.62. The lowest BCUT2D eigenvalue weighted by molar-refractivity contribution is 0.670. The predicted octanol–water partition coefficient (Wildman–Crippen LogP) is 17.9. The van der Waals surface area contributed by atoms with Crippen molar-refractivity contribution in [3.05, 3.63) is 249 Å². The summed E-state index contributed by atoms with van der Waals surface area (Å²) in [4.78, 5) is 0. The first-order valence-electron chi connectivity index (χ1n) is 24.0. The van der Waals surface area contributed by atoms with Crippen molar-refractivity contribution in [1.29, 1.82) is 0 Å². The molecule has 70 heavy (non-hydrogen) atoms. The number of benzene rings is 11. The second-order valence-electron chi connectivity index (χ2n) is 18.5. The first-order chi connectivity index (χ1) is 34.7. The summed E-state index contributed by atoms with van der Waals surface area (Å²) in [6, 6.07) is 90.6. The third-order valence-corrected chi connectivity index (χ3v) is 14.6. The van der Waals surface area contributed by atoms with E-state index in [2.05, 4.69) is 256 Å². The summed E-state index contributed by atoms with van der Waals surface area (Å²) in [5.74, 6) is 0. The molecule has 11 aromatic carbocycles. The van der Waals surface area contributed by atoms with Gasteiger partial charge in [0.15, 0.2) is 0 Å². The van der Waals surface area contributed by atoms with E-state index in [9.17, 15) is 0 Å². The van der Waals surface area contributed by atoms with E-state index >= 15 is 0 Å². The molecule has 0 saturated carbocycles. The highest BCUT2D eigenvalue weighted by Gasteiger charge is 2.20. The molecular weight excluding hydrogens is 851 g/mol. The van der Waals surface area contributed by atoms with Gasteiger partial charge < -0.3 is 18.1 Å². The highest BCUT2D eigenvalue weighted by molar-refractivity contribution is 6.15. The molecule has 0 fully saturated rings. The molecule has 4 heteroatoms. The highest BCUT2D eigenvalue weighted by Crippen LogP contribution is 2.42. The van der Waals surface area contributed by atoms with Crippen LogP contribution in [-0.2, 0) is 0 Å². The molecule has 4 nitrogen and oxygen atoms in total. The SMILES string of the molecule is c1ccc(-n2c3ccccc3c3cc(-c4ccc5c(c4)c4cc(-c6ccc7c(c6)c6ccccc6n7-c6ccccc6)ccc4n5-c4cccc(-c5cccc6c5oc5ccccc56)c4)ccc32)cc1. The molecule has 0 aliphatic rings. The Bertz CT molecular complexity index is 4370. The number of rotatable bonds is 6. The van der Waals surface area contributed by atoms with Crippen LogP contribution in [0.1, 0.15) is 0 Å². The van der Waals surface area contributed by atoms with Crippen molar-refractivity contribution in [1.82, 2.24) is 13.7 Å². The van der Waals surface area contributed by atoms with Crippen LogP contribution in [0, 0.1) is 0 Å². The first-order valence-corrected chi connectivity index (χ1v) is 24.0. The van der Waals surface area contributed by atoms with Crippen molar-refractivity contribution in [2.24, 2.45) is 0 Å². The Morgan fingerprint density at radius 1 is 0.229 bits per heavy atom. The molecule has 0 atom stereocenters. The zero-order chi connectivity index (χ0) is 45.9. The van der Waals surface area contributed by atoms with E-state index in [1.54, 1.807) is 0 Å². The van der Waals surface area contributed by atoms with Crippen molar-refractivity contribution in [2.45, 2.75) is 0 Å². The van der Waals surface area contributed by atoms with Gasteiger partial charge in [-0.15, -0.1) is 0 Å². The zero-order valence-corrected chi connectivity index (χ0v) is 37.9. The van der Waals surface area contributed by atoms with Crippen LogP contribution >= 0.6 is 0 Å². The number of fused-ring (bicyclic) bond motifs is 12. The standard InChI is InChI=1S/C66H41N3O/c1-3-16-47(17-4-1)67-59-26-10-7-21-51(59)55-38-42(29-33-61(55)67)44-31-35-63-57(40-44)58-41-45(43-30-34-62-56(39-43)52-22-8-11-27-60(52)68(62)48-18-5-2-6-19-48)32-36-64(58)69(63)49-20-13-15-46(37-49)50-24-14-25-54-53-23-9-12-28-65(53)70-66(50)54/h1-41H. The second-order valence-corrected chi connectivity index (χ2v) is 18.5.